The molecule has 4 aromatic carbocycles. The van der Waals surface area contributed by atoms with Crippen LogP contribution in [0.15, 0.2) is 109 Å². The molecular weight excluding hydrogens is 427 g/mol. The van der Waals surface area contributed by atoms with Gasteiger partial charge in [-0.1, -0.05) is 0 Å². The molecule has 0 fully saturated rings. The molecule has 1 aliphatic rings. The predicted octanol–water partition coefficient (Wildman–Crippen LogP) is 6.82. The van der Waals surface area contributed by atoms with Crippen LogP contribution in [0.2, 0.25) is 0 Å². The van der Waals surface area contributed by atoms with E-state index in [1.807, 2.05) is 0 Å². The third kappa shape index (κ3) is 3.23. The summed E-state index contributed by atoms with van der Waals surface area (Å²) in [7, 11) is 0. The van der Waals surface area contributed by atoms with E-state index in [0.29, 0.717) is 0 Å². The van der Waals surface area contributed by atoms with Gasteiger partial charge in [0.25, 0.3) is 0 Å². The Morgan fingerprint density at radius 1 is 0.471 bits per heavy atom. The van der Waals surface area contributed by atoms with Gasteiger partial charge in [-0.25, -0.2) is 0 Å². The summed E-state index contributed by atoms with van der Waals surface area (Å²) >= 11 is 0. The Balaban J connectivity index is 1.96. The van der Waals surface area contributed by atoms with Crippen LogP contribution in [-0.2, 0) is 10.8 Å². The molecule has 0 radical (unpaired) electrons. The Morgan fingerprint density at radius 2 is 0.853 bits per heavy atom. The van der Waals surface area contributed by atoms with Crippen molar-refractivity contribution >= 4 is 27.8 Å². The first kappa shape index (κ1) is 23.1. The van der Waals surface area contributed by atoms with Crippen molar-refractivity contribution in [2.45, 2.75) is 51.4 Å². The van der Waals surface area contributed by atoms with E-state index in [-0.39, 0.29) is 10.8 Å². The molecule has 4 aromatic rings. The Bertz CT molecular complexity index is 1200. The zero-order valence-corrected chi connectivity index (χ0v) is 22.1. The van der Waals surface area contributed by atoms with Crippen molar-refractivity contribution in [3.63, 3.8) is 0 Å². The third-order valence-electron chi connectivity index (χ3n) is 8.69. The van der Waals surface area contributed by atoms with Crippen molar-refractivity contribution in [2.75, 3.05) is 6.66 Å². The van der Waals surface area contributed by atoms with E-state index in [4.69, 9.17) is 0 Å². The number of hydrogen-bond acceptors (Lipinski definition) is 0. The fourth-order valence-electron chi connectivity index (χ4n) is 6.22. The Morgan fingerprint density at radius 3 is 1.26 bits per heavy atom. The van der Waals surface area contributed by atoms with E-state index < -0.39 is 6.60 Å². The van der Waals surface area contributed by atoms with Crippen LogP contribution in [0, 0.1) is 0 Å². The summed E-state index contributed by atoms with van der Waals surface area (Å²) in [5.41, 5.74) is 3.42. The second-order valence-electron chi connectivity index (χ2n) is 11.6. The van der Waals surface area contributed by atoms with E-state index in [1.54, 1.807) is 0 Å². The molecule has 0 saturated carbocycles. The molecule has 0 spiro atoms. The van der Waals surface area contributed by atoms with Crippen LogP contribution >= 0.6 is 6.60 Å². The van der Waals surface area contributed by atoms with E-state index in [9.17, 15) is 0 Å². The molecule has 0 saturated heterocycles. The zero-order valence-electron chi connectivity index (χ0n) is 21.3. The molecule has 34 heavy (non-hydrogen) atoms. The van der Waals surface area contributed by atoms with Gasteiger partial charge in [-0.3, -0.25) is 0 Å². The van der Waals surface area contributed by atoms with Gasteiger partial charge in [0.1, 0.15) is 0 Å². The van der Waals surface area contributed by atoms with Crippen LogP contribution in [0.1, 0.15) is 51.7 Å². The molecule has 0 amide bonds. The summed E-state index contributed by atoms with van der Waals surface area (Å²) in [5.74, 6) is 0. The van der Waals surface area contributed by atoms with Gasteiger partial charge in [0.15, 0.2) is 0 Å². The van der Waals surface area contributed by atoms with Gasteiger partial charge in [0, 0.05) is 0 Å². The van der Waals surface area contributed by atoms with Crippen LogP contribution in [0.4, 0.5) is 0 Å². The molecule has 5 rings (SSSR count). The van der Waals surface area contributed by atoms with Gasteiger partial charge in [-0.2, -0.15) is 0 Å². The van der Waals surface area contributed by atoms with Crippen molar-refractivity contribution in [3.05, 3.63) is 120 Å². The topological polar surface area (TPSA) is 0 Å². The van der Waals surface area contributed by atoms with Crippen molar-refractivity contribution < 1.29 is 0 Å². The van der Waals surface area contributed by atoms with Gasteiger partial charge in [-0.05, 0) is 0 Å². The average Bonchev–Trinajstić information content (AvgIpc) is 2.88. The quantitative estimate of drug-likeness (QED) is 0.291. The van der Waals surface area contributed by atoms with Crippen LogP contribution < -0.4 is 21.2 Å². The average molecular weight is 465 g/mol. The summed E-state index contributed by atoms with van der Waals surface area (Å²) in [4.78, 5) is 0. The zero-order chi connectivity index (χ0) is 24.1. The van der Waals surface area contributed by atoms with Gasteiger partial charge >= 0.3 is 206 Å². The summed E-state index contributed by atoms with van der Waals surface area (Å²) in [6, 6.07) is 41.3. The minimum atomic E-state index is -3.00. The second-order valence-corrected chi connectivity index (χ2v) is 16.8. The SMILES string of the molecule is CC1(C)CCC(C)(C)c2cc(P(C)(c3ccccc3)(c3ccccc3)c3ccccc3)ccc21. The molecule has 0 heterocycles. The van der Waals surface area contributed by atoms with Crippen molar-refractivity contribution in [1.82, 2.24) is 0 Å². The van der Waals surface area contributed by atoms with Gasteiger partial charge in [0.2, 0.25) is 0 Å². The van der Waals surface area contributed by atoms with E-state index in [0.717, 1.165) is 0 Å². The van der Waals surface area contributed by atoms with E-state index in [2.05, 4.69) is 144 Å². The molecule has 0 atom stereocenters. The summed E-state index contributed by atoms with van der Waals surface area (Å²) in [6.07, 6.45) is 2.45. The van der Waals surface area contributed by atoms with Crippen molar-refractivity contribution in [2.24, 2.45) is 0 Å². The molecule has 1 aliphatic carbocycles. The number of benzene rings is 4. The minimum absolute atomic E-state index is 0.167. The first-order valence-electron chi connectivity index (χ1n) is 12.5. The molecular formula is C33H37P. The van der Waals surface area contributed by atoms with Crippen LogP contribution in [0.3, 0.4) is 0 Å². The molecule has 0 unspecified atom stereocenters. The van der Waals surface area contributed by atoms with Crippen molar-refractivity contribution in [1.29, 1.82) is 0 Å². The normalized spacial score (nSPS) is 17.9. The van der Waals surface area contributed by atoms with Crippen LogP contribution in [0.25, 0.3) is 0 Å². The second kappa shape index (κ2) is 7.93. The summed E-state index contributed by atoms with van der Waals surface area (Å²) in [6.45, 7) is 9.27. The molecule has 0 aliphatic heterocycles. The Labute approximate surface area is 206 Å². The number of hydrogen-bond donors (Lipinski definition) is 0. The standard InChI is InChI=1S/C33H37P/c1-32(2)23-24-33(3,4)31-25-29(21-22-30(31)32)34(5,26-15-9-6-10-16-26,27-17-11-7-12-18-27)28-19-13-8-14-20-28/h6-22,25H,23-24H2,1-5H3. The van der Waals surface area contributed by atoms with Gasteiger partial charge < -0.3 is 0 Å². The van der Waals surface area contributed by atoms with Gasteiger partial charge in [0.05, 0.1) is 0 Å². The predicted molar refractivity (Wildman–Crippen MR) is 152 cm³/mol. The number of rotatable bonds is 4. The Hall–Kier alpha value is -2.69. The molecule has 0 nitrogen and oxygen atoms in total. The van der Waals surface area contributed by atoms with E-state index >= 15 is 0 Å². The van der Waals surface area contributed by atoms with Crippen molar-refractivity contribution in [3.8, 4) is 0 Å². The monoisotopic (exact) mass is 464 g/mol. The van der Waals surface area contributed by atoms with E-state index in [1.165, 1.54) is 45.2 Å². The first-order valence-corrected chi connectivity index (χ1v) is 15.2. The maximum absolute atomic E-state index is 3.00. The number of fused-ring (bicyclic) bond motifs is 1. The molecule has 1 heteroatoms. The van der Waals surface area contributed by atoms with Gasteiger partial charge in [-0.15, -0.1) is 0 Å². The summed E-state index contributed by atoms with van der Waals surface area (Å²) in [5, 5.41) is 5.70. The van der Waals surface area contributed by atoms with Crippen LogP contribution in [0.5, 0.6) is 0 Å². The maximum atomic E-state index is 2.60. The Kier molecular flexibility index (Phi) is 5.38. The summed E-state index contributed by atoms with van der Waals surface area (Å²) < 4.78 is 0. The molecule has 0 aromatic heterocycles. The fraction of sp³-hybridized carbons (Fsp3) is 0.273. The fourth-order valence-corrected chi connectivity index (χ4v) is 11.7. The molecule has 0 N–H and O–H groups in total. The molecule has 174 valence electrons. The third-order valence-corrected chi connectivity index (χ3v) is 15.0. The van der Waals surface area contributed by atoms with Crippen LogP contribution in [-0.4, -0.2) is 6.66 Å². The first-order chi connectivity index (χ1) is 16.2. The molecule has 0 bridgehead atoms.